The van der Waals surface area contributed by atoms with Crippen LogP contribution in [0.15, 0.2) is 41.5 Å². The van der Waals surface area contributed by atoms with Gasteiger partial charge < -0.3 is 9.47 Å². The monoisotopic (exact) mass is 372 g/mol. The zero-order valence-electron chi connectivity index (χ0n) is 15.2. The van der Waals surface area contributed by atoms with Crippen LogP contribution in [0, 0.1) is 5.92 Å². The molecule has 0 unspecified atom stereocenters. The molecule has 0 saturated heterocycles. The Kier molecular flexibility index (Phi) is 4.87. The van der Waals surface area contributed by atoms with Crippen LogP contribution in [-0.4, -0.2) is 38.4 Å². The lowest BCUT2D eigenvalue weighted by Crippen LogP contribution is -2.30. The van der Waals surface area contributed by atoms with E-state index in [0.717, 1.165) is 5.56 Å². The van der Waals surface area contributed by atoms with Crippen molar-refractivity contribution in [3.8, 4) is 11.3 Å². The Morgan fingerprint density at radius 3 is 2.62 bits per heavy atom. The summed E-state index contributed by atoms with van der Waals surface area (Å²) in [5.74, 6) is 0.143. The van der Waals surface area contributed by atoms with Crippen molar-refractivity contribution in [3.05, 3.63) is 57.7 Å². The molecular weight excluding hydrogens is 352 g/mol. The van der Waals surface area contributed by atoms with E-state index in [1.54, 1.807) is 41.9 Å². The molecule has 6 nitrogen and oxygen atoms in total. The van der Waals surface area contributed by atoms with E-state index in [1.165, 1.54) is 4.57 Å². The molecule has 0 aliphatic rings. The molecule has 136 valence electrons. The lowest BCUT2D eigenvalue weighted by Gasteiger charge is -2.17. The smallest absolute Gasteiger partial charge is 0.294 e. The standard InChI is InChI=1S/C19H21ClN4O2/c1-12(2)9-22(3)18(25)15-10-24-11-16(13-7-5-6-8-14(13)20)23(4)19(26)17(24)21-15/h5-8,10-12H,9H2,1-4H3. The number of halogens is 1. The fourth-order valence-corrected chi connectivity index (χ4v) is 3.21. The van der Waals surface area contributed by atoms with Crippen LogP contribution in [0.4, 0.5) is 0 Å². The summed E-state index contributed by atoms with van der Waals surface area (Å²) >= 11 is 6.28. The van der Waals surface area contributed by atoms with Gasteiger partial charge in [-0.25, -0.2) is 4.98 Å². The van der Waals surface area contributed by atoms with Gasteiger partial charge in [0.2, 0.25) is 5.65 Å². The van der Waals surface area contributed by atoms with Gasteiger partial charge in [0.1, 0.15) is 5.69 Å². The van der Waals surface area contributed by atoms with E-state index in [0.29, 0.717) is 23.2 Å². The first-order chi connectivity index (χ1) is 12.3. The van der Waals surface area contributed by atoms with E-state index in [2.05, 4.69) is 4.98 Å². The van der Waals surface area contributed by atoms with Crippen LogP contribution in [0.5, 0.6) is 0 Å². The minimum Gasteiger partial charge on any atom is -0.340 e. The summed E-state index contributed by atoms with van der Waals surface area (Å²) in [4.78, 5) is 31.2. The van der Waals surface area contributed by atoms with Gasteiger partial charge in [-0.2, -0.15) is 0 Å². The highest BCUT2D eigenvalue weighted by Gasteiger charge is 2.19. The Bertz CT molecular complexity index is 1040. The predicted molar refractivity (Wildman–Crippen MR) is 103 cm³/mol. The quantitative estimate of drug-likeness (QED) is 0.707. The Balaban J connectivity index is 2.11. The number of amides is 1. The molecule has 0 fully saturated rings. The van der Waals surface area contributed by atoms with Crippen molar-refractivity contribution in [1.82, 2.24) is 18.9 Å². The first-order valence-electron chi connectivity index (χ1n) is 8.38. The average Bonchev–Trinajstić information content (AvgIpc) is 3.01. The molecule has 1 amide bonds. The second-order valence-electron chi connectivity index (χ2n) is 6.79. The number of hydrogen-bond donors (Lipinski definition) is 0. The molecule has 1 aromatic carbocycles. The zero-order valence-corrected chi connectivity index (χ0v) is 16.0. The number of carbonyl (C=O) groups is 1. The molecule has 2 aromatic heterocycles. The highest BCUT2D eigenvalue weighted by molar-refractivity contribution is 6.33. The molecule has 26 heavy (non-hydrogen) atoms. The second-order valence-corrected chi connectivity index (χ2v) is 7.20. The van der Waals surface area contributed by atoms with Crippen LogP contribution >= 0.6 is 11.6 Å². The van der Waals surface area contributed by atoms with Crippen molar-refractivity contribution < 1.29 is 4.79 Å². The first-order valence-corrected chi connectivity index (χ1v) is 8.76. The summed E-state index contributed by atoms with van der Waals surface area (Å²) in [6.07, 6.45) is 3.36. The van der Waals surface area contributed by atoms with Crippen molar-refractivity contribution in [2.24, 2.45) is 13.0 Å². The molecule has 7 heteroatoms. The topological polar surface area (TPSA) is 59.6 Å². The van der Waals surface area contributed by atoms with Crippen LogP contribution in [0.25, 0.3) is 16.9 Å². The summed E-state index contributed by atoms with van der Waals surface area (Å²) in [5, 5.41) is 0.551. The number of benzene rings is 1. The Hall–Kier alpha value is -2.60. The molecule has 3 rings (SSSR count). The zero-order chi connectivity index (χ0) is 19.0. The van der Waals surface area contributed by atoms with E-state index in [4.69, 9.17) is 11.6 Å². The van der Waals surface area contributed by atoms with Crippen molar-refractivity contribution in [1.29, 1.82) is 0 Å². The molecule has 3 aromatic rings. The van der Waals surface area contributed by atoms with Crippen molar-refractivity contribution in [2.75, 3.05) is 13.6 Å². The number of rotatable bonds is 4. The molecule has 0 N–H and O–H groups in total. The third-order valence-corrected chi connectivity index (χ3v) is 4.54. The number of aromatic nitrogens is 3. The van der Waals surface area contributed by atoms with Crippen LogP contribution in [-0.2, 0) is 7.05 Å². The third-order valence-electron chi connectivity index (χ3n) is 4.21. The maximum atomic E-state index is 12.7. The molecule has 0 bridgehead atoms. The fourth-order valence-electron chi connectivity index (χ4n) is 2.98. The molecule has 0 spiro atoms. The summed E-state index contributed by atoms with van der Waals surface area (Å²) in [6, 6.07) is 7.32. The van der Waals surface area contributed by atoms with E-state index < -0.39 is 0 Å². The number of carbonyl (C=O) groups excluding carboxylic acids is 1. The van der Waals surface area contributed by atoms with Crippen LogP contribution in [0.1, 0.15) is 24.3 Å². The molecule has 0 atom stereocenters. The van der Waals surface area contributed by atoms with Gasteiger partial charge in [-0.15, -0.1) is 0 Å². The van der Waals surface area contributed by atoms with Gasteiger partial charge in [0.05, 0.1) is 5.69 Å². The van der Waals surface area contributed by atoms with Gasteiger partial charge in [0.25, 0.3) is 11.5 Å². The van der Waals surface area contributed by atoms with Crippen LogP contribution in [0.3, 0.4) is 0 Å². The van der Waals surface area contributed by atoms with Crippen molar-refractivity contribution in [2.45, 2.75) is 13.8 Å². The molecule has 2 heterocycles. The lowest BCUT2D eigenvalue weighted by atomic mass is 10.1. The predicted octanol–water partition coefficient (Wildman–Crippen LogP) is 3.08. The largest absolute Gasteiger partial charge is 0.340 e. The fraction of sp³-hybridized carbons (Fsp3) is 0.316. The summed E-state index contributed by atoms with van der Waals surface area (Å²) in [6.45, 7) is 4.70. The maximum Gasteiger partial charge on any atom is 0.294 e. The highest BCUT2D eigenvalue weighted by Crippen LogP contribution is 2.26. The normalized spacial score (nSPS) is 11.3. The summed E-state index contributed by atoms with van der Waals surface area (Å²) < 4.78 is 3.09. The molecular formula is C19H21ClN4O2. The molecule has 0 radical (unpaired) electrons. The minimum atomic E-state index is -0.284. The first kappa shape index (κ1) is 18.2. The van der Waals surface area contributed by atoms with Gasteiger partial charge in [0.15, 0.2) is 0 Å². The number of nitrogens with zero attached hydrogens (tertiary/aromatic N) is 4. The molecule has 0 aliphatic heterocycles. The van der Waals surface area contributed by atoms with Gasteiger partial charge in [-0.05, 0) is 12.0 Å². The number of imidazole rings is 1. The van der Waals surface area contributed by atoms with Crippen molar-refractivity contribution >= 4 is 23.2 Å². The number of hydrogen-bond acceptors (Lipinski definition) is 3. The van der Waals surface area contributed by atoms with E-state index in [-0.39, 0.29) is 22.8 Å². The Morgan fingerprint density at radius 1 is 1.27 bits per heavy atom. The van der Waals surface area contributed by atoms with Gasteiger partial charge in [-0.3, -0.25) is 14.0 Å². The van der Waals surface area contributed by atoms with E-state index >= 15 is 0 Å². The molecule has 0 aliphatic carbocycles. The summed E-state index contributed by atoms with van der Waals surface area (Å²) in [7, 11) is 3.40. The van der Waals surface area contributed by atoms with Crippen molar-refractivity contribution in [3.63, 3.8) is 0 Å². The third kappa shape index (κ3) is 3.24. The lowest BCUT2D eigenvalue weighted by molar-refractivity contribution is 0.0774. The van der Waals surface area contributed by atoms with E-state index in [1.807, 2.05) is 32.0 Å². The highest BCUT2D eigenvalue weighted by atomic mass is 35.5. The van der Waals surface area contributed by atoms with Crippen LogP contribution < -0.4 is 5.56 Å². The maximum absolute atomic E-state index is 12.7. The van der Waals surface area contributed by atoms with Gasteiger partial charge >= 0.3 is 0 Å². The van der Waals surface area contributed by atoms with Crippen LogP contribution in [0.2, 0.25) is 5.02 Å². The summed E-state index contributed by atoms with van der Waals surface area (Å²) in [5.41, 5.74) is 1.58. The van der Waals surface area contributed by atoms with E-state index in [9.17, 15) is 9.59 Å². The Labute approximate surface area is 156 Å². The Morgan fingerprint density at radius 2 is 1.96 bits per heavy atom. The average molecular weight is 373 g/mol. The minimum absolute atomic E-state index is 0.205. The second kappa shape index (κ2) is 6.96. The van der Waals surface area contributed by atoms with Gasteiger partial charge in [0, 0.05) is 43.6 Å². The molecule has 0 saturated carbocycles. The SMILES string of the molecule is CC(C)CN(C)C(=O)c1cn2cc(-c3ccccc3Cl)n(C)c(=O)c2n1. The van der Waals surface area contributed by atoms with Gasteiger partial charge in [-0.1, -0.05) is 43.6 Å². The number of fused-ring (bicyclic) bond motifs is 1.